The molecule has 0 saturated heterocycles. The summed E-state index contributed by atoms with van der Waals surface area (Å²) in [7, 11) is -4.61. The van der Waals surface area contributed by atoms with E-state index in [0.29, 0.717) is 0 Å². The Bertz CT molecular complexity index is 24.0. The molecule has 0 spiro atoms. The summed E-state index contributed by atoms with van der Waals surface area (Å²) in [5.74, 6) is 0. The van der Waals surface area contributed by atoms with E-state index >= 15 is 0 Å². The fraction of sp³-hybridized carbons (Fsp3) is 0. The molecule has 0 aliphatic heterocycles. The number of hydrogen-bond donors (Lipinski definition) is 4. The van der Waals surface area contributed by atoms with Gasteiger partial charge in [-0.15, -0.1) is 0 Å². The van der Waals surface area contributed by atoms with Gasteiger partial charge >= 0.3 is 35.3 Å². The minimum atomic E-state index is -4.61. The molecular weight excluding hydrogens is 215 g/mol. The molecule has 0 fully saturated rings. The predicted molar refractivity (Wildman–Crippen MR) is 16.0 cm³/mol. The van der Waals surface area contributed by atoms with Crippen LogP contribution < -0.4 is 0 Å². The standard InChI is InChI=1S/H4O4Si.2O.Zr/c1-5(2,3)4;;;/h1-4H;;;/q;2*-2;+4. The molecule has 0 unspecified atom stereocenters. The van der Waals surface area contributed by atoms with Crippen LogP contribution in [0.1, 0.15) is 0 Å². The maximum Gasteiger partial charge on any atom is 4.00 e. The Morgan fingerprint density at radius 3 is 0.750 bits per heavy atom. The zero-order chi connectivity index (χ0) is 4.50. The monoisotopic (exact) mass is 218 g/mol. The summed E-state index contributed by atoms with van der Waals surface area (Å²) in [5, 5.41) is 0. The van der Waals surface area contributed by atoms with Crippen LogP contribution in [0.25, 0.3) is 0 Å². The Morgan fingerprint density at radius 2 is 0.750 bits per heavy atom. The van der Waals surface area contributed by atoms with E-state index < -0.39 is 9.05 Å². The van der Waals surface area contributed by atoms with Crippen molar-refractivity contribution in [3.8, 4) is 0 Å². The van der Waals surface area contributed by atoms with Gasteiger partial charge in [0.25, 0.3) is 0 Å². The summed E-state index contributed by atoms with van der Waals surface area (Å²) in [6.07, 6.45) is 0. The molecule has 0 aromatic carbocycles. The molecule has 0 heterocycles. The van der Waals surface area contributed by atoms with E-state index in [1.807, 2.05) is 0 Å². The van der Waals surface area contributed by atoms with Crippen molar-refractivity contribution in [2.24, 2.45) is 0 Å². The van der Waals surface area contributed by atoms with Gasteiger partial charge in [0.2, 0.25) is 0 Å². The maximum absolute atomic E-state index is 7.33. The summed E-state index contributed by atoms with van der Waals surface area (Å²) in [6, 6.07) is 0. The van der Waals surface area contributed by atoms with Crippen LogP contribution in [0.2, 0.25) is 0 Å². The van der Waals surface area contributed by atoms with Gasteiger partial charge in [0.05, 0.1) is 0 Å². The molecule has 4 N–H and O–H groups in total. The summed E-state index contributed by atoms with van der Waals surface area (Å²) >= 11 is 0. The molecule has 0 amide bonds. The van der Waals surface area contributed by atoms with E-state index in [1.165, 1.54) is 0 Å². The molecule has 0 radical (unpaired) electrons. The van der Waals surface area contributed by atoms with Crippen molar-refractivity contribution >= 4 is 9.05 Å². The van der Waals surface area contributed by atoms with Gasteiger partial charge in [-0.1, -0.05) is 0 Å². The van der Waals surface area contributed by atoms with Crippen LogP contribution >= 0.6 is 0 Å². The van der Waals surface area contributed by atoms with Crippen LogP contribution in [0, 0.1) is 0 Å². The van der Waals surface area contributed by atoms with Crippen LogP contribution in [0.15, 0.2) is 0 Å². The van der Waals surface area contributed by atoms with Crippen LogP contribution in [-0.2, 0) is 37.2 Å². The van der Waals surface area contributed by atoms with Crippen LogP contribution in [0.3, 0.4) is 0 Å². The smallest absolute Gasteiger partial charge is 2.00 e. The minimum Gasteiger partial charge on any atom is -2.00 e. The Labute approximate surface area is 65.6 Å². The van der Waals surface area contributed by atoms with Crippen molar-refractivity contribution in [1.29, 1.82) is 0 Å². The van der Waals surface area contributed by atoms with Gasteiger partial charge in [0, 0.05) is 0 Å². The van der Waals surface area contributed by atoms with E-state index in [4.69, 9.17) is 19.2 Å². The minimum absolute atomic E-state index is 0. The van der Waals surface area contributed by atoms with Crippen molar-refractivity contribution in [2.75, 3.05) is 0 Å². The van der Waals surface area contributed by atoms with Gasteiger partial charge in [-0.2, -0.15) is 0 Å². The second-order valence-electron chi connectivity index (χ2n) is 0.600. The summed E-state index contributed by atoms with van der Waals surface area (Å²) < 4.78 is 0. The number of rotatable bonds is 0. The summed E-state index contributed by atoms with van der Waals surface area (Å²) in [6.45, 7) is 0. The normalized spacial score (nSPS) is 7.50. The molecule has 0 aromatic rings. The Hall–Kier alpha value is 0.860. The topological polar surface area (TPSA) is 138 Å². The first kappa shape index (κ1) is 23.2. The Morgan fingerprint density at radius 1 is 0.750 bits per heavy atom. The maximum atomic E-state index is 7.33. The van der Waals surface area contributed by atoms with E-state index in [9.17, 15) is 0 Å². The van der Waals surface area contributed by atoms with Crippen molar-refractivity contribution in [1.82, 2.24) is 0 Å². The van der Waals surface area contributed by atoms with Gasteiger partial charge in [-0.05, 0) is 0 Å². The molecule has 0 bridgehead atoms. The third kappa shape index (κ3) is 319. The van der Waals surface area contributed by atoms with Gasteiger partial charge in [-0.3, -0.25) is 0 Å². The molecule has 0 saturated carbocycles. The molecule has 0 aliphatic rings. The van der Waals surface area contributed by atoms with Crippen LogP contribution in [-0.4, -0.2) is 28.2 Å². The third-order valence-corrected chi connectivity index (χ3v) is 0. The van der Waals surface area contributed by atoms with Gasteiger partial charge in [0.15, 0.2) is 0 Å². The quantitative estimate of drug-likeness (QED) is 0.326. The first-order valence-corrected chi connectivity index (χ1v) is 2.68. The summed E-state index contributed by atoms with van der Waals surface area (Å²) in [4.78, 5) is 29.3. The largest absolute Gasteiger partial charge is 4.00 e. The van der Waals surface area contributed by atoms with Crippen molar-refractivity contribution in [2.45, 2.75) is 0 Å². The fourth-order valence-electron chi connectivity index (χ4n) is 0. The van der Waals surface area contributed by atoms with Crippen molar-refractivity contribution < 1.29 is 56.3 Å². The molecule has 0 atom stereocenters. The number of hydrogen-bond acceptors (Lipinski definition) is 4. The first-order valence-electron chi connectivity index (χ1n) is 0.894. The van der Waals surface area contributed by atoms with E-state index in [0.717, 1.165) is 0 Å². The average Bonchev–Trinajstić information content (AvgIpc) is 0.722. The molecule has 8 heavy (non-hydrogen) atoms. The average molecular weight is 219 g/mol. The second kappa shape index (κ2) is 7.86. The zero-order valence-electron chi connectivity index (χ0n) is 3.61. The molecular formula is H4O6SiZr. The van der Waals surface area contributed by atoms with Gasteiger partial charge < -0.3 is 30.1 Å². The first-order chi connectivity index (χ1) is 2.00. The molecule has 8 heteroatoms. The van der Waals surface area contributed by atoms with Crippen LogP contribution in [0.5, 0.6) is 0 Å². The van der Waals surface area contributed by atoms with E-state index in [1.54, 1.807) is 0 Å². The fourth-order valence-corrected chi connectivity index (χ4v) is 0. The molecule has 0 rings (SSSR count). The summed E-state index contributed by atoms with van der Waals surface area (Å²) in [5.41, 5.74) is 0. The van der Waals surface area contributed by atoms with Crippen molar-refractivity contribution in [3.63, 3.8) is 0 Å². The van der Waals surface area contributed by atoms with Gasteiger partial charge in [0.1, 0.15) is 0 Å². The Kier molecular flexibility index (Phi) is 22.8. The third-order valence-electron chi connectivity index (χ3n) is 0. The zero-order valence-corrected chi connectivity index (χ0v) is 7.06. The molecule has 6 nitrogen and oxygen atoms in total. The predicted octanol–water partition coefficient (Wildman–Crippen LogP) is -2.85. The molecule has 0 aromatic heterocycles. The molecule has 0 aliphatic carbocycles. The molecule has 48 valence electrons. The Balaban J connectivity index is -0.0000000267. The van der Waals surface area contributed by atoms with Crippen molar-refractivity contribution in [3.05, 3.63) is 0 Å². The van der Waals surface area contributed by atoms with E-state index in [2.05, 4.69) is 0 Å². The van der Waals surface area contributed by atoms with Crippen LogP contribution in [0.4, 0.5) is 0 Å². The SMILES string of the molecule is O[Si](O)(O)O.[O-2].[O-2].[Zr+4]. The van der Waals surface area contributed by atoms with Gasteiger partial charge in [-0.25, -0.2) is 0 Å². The van der Waals surface area contributed by atoms with E-state index in [-0.39, 0.29) is 37.2 Å². The second-order valence-corrected chi connectivity index (χ2v) is 1.80.